The van der Waals surface area contributed by atoms with Gasteiger partial charge in [0.25, 0.3) is 5.56 Å². The smallest absolute Gasteiger partial charge is 0.335 e. The lowest BCUT2D eigenvalue weighted by molar-refractivity contribution is 0.401. The lowest BCUT2D eigenvalue weighted by Crippen LogP contribution is -2.33. The number of aromatic amines is 1. The summed E-state index contributed by atoms with van der Waals surface area (Å²) in [5, 5.41) is 17.1. The van der Waals surface area contributed by atoms with Crippen LogP contribution in [0.25, 0.3) is 5.69 Å². The van der Waals surface area contributed by atoms with Crippen molar-refractivity contribution in [2.24, 2.45) is 5.10 Å². The highest BCUT2D eigenvalue weighted by Gasteiger charge is 2.29. The van der Waals surface area contributed by atoms with Gasteiger partial charge in [-0.1, -0.05) is 12.1 Å². The molecule has 3 heterocycles. The van der Waals surface area contributed by atoms with Crippen LogP contribution in [0.1, 0.15) is 28.5 Å². The summed E-state index contributed by atoms with van der Waals surface area (Å²) < 4.78 is 6.30. The van der Waals surface area contributed by atoms with Gasteiger partial charge in [0.2, 0.25) is 5.88 Å². The lowest BCUT2D eigenvalue weighted by atomic mass is 10.0. The van der Waals surface area contributed by atoms with Crippen LogP contribution in [-0.4, -0.2) is 27.5 Å². The summed E-state index contributed by atoms with van der Waals surface area (Å²) in [6.07, 6.45) is 0.419. The summed E-state index contributed by atoms with van der Waals surface area (Å²) in [6.45, 7) is 2.01. The van der Waals surface area contributed by atoms with Crippen LogP contribution in [0.3, 0.4) is 0 Å². The van der Waals surface area contributed by atoms with E-state index in [1.807, 2.05) is 18.4 Å². The van der Waals surface area contributed by atoms with Gasteiger partial charge in [-0.3, -0.25) is 9.78 Å². The number of hydrogen-bond donors (Lipinski definition) is 3. The van der Waals surface area contributed by atoms with Gasteiger partial charge in [-0.15, -0.1) is 11.3 Å². The molecular formula is C19H18N4O4S. The monoisotopic (exact) mass is 398 g/mol. The Bertz CT molecular complexity index is 1190. The molecule has 0 spiro atoms. The van der Waals surface area contributed by atoms with Crippen molar-refractivity contribution < 1.29 is 9.84 Å². The fourth-order valence-electron chi connectivity index (χ4n) is 3.31. The maximum atomic E-state index is 12.5. The first-order chi connectivity index (χ1) is 13.5. The molecule has 3 N–H and O–H groups in total. The van der Waals surface area contributed by atoms with E-state index in [1.165, 1.54) is 7.11 Å². The Hall–Kier alpha value is -3.33. The Morgan fingerprint density at radius 1 is 1.29 bits per heavy atom. The van der Waals surface area contributed by atoms with Crippen LogP contribution < -0.4 is 21.4 Å². The molecule has 1 aliphatic rings. The number of rotatable bonds is 4. The van der Waals surface area contributed by atoms with Crippen LogP contribution >= 0.6 is 11.3 Å². The first-order valence-electron chi connectivity index (χ1n) is 8.59. The van der Waals surface area contributed by atoms with E-state index in [9.17, 15) is 14.7 Å². The van der Waals surface area contributed by atoms with Gasteiger partial charge < -0.3 is 15.3 Å². The SMILES string of the molecule is COc1ccccc1-n1c(O)c(C2=NN[C@@H](c3sccc3C)C2)c(=O)[nH]c1=O. The van der Waals surface area contributed by atoms with E-state index in [1.54, 1.807) is 35.6 Å². The Morgan fingerprint density at radius 2 is 2.07 bits per heavy atom. The molecular weight excluding hydrogens is 380 g/mol. The Balaban J connectivity index is 1.80. The summed E-state index contributed by atoms with van der Waals surface area (Å²) in [5.74, 6) is -0.0844. The molecule has 9 heteroatoms. The molecule has 0 fully saturated rings. The van der Waals surface area contributed by atoms with Crippen molar-refractivity contribution in [2.75, 3.05) is 7.11 Å². The van der Waals surface area contributed by atoms with Crippen molar-refractivity contribution in [3.8, 4) is 17.3 Å². The number of hydrogen-bond acceptors (Lipinski definition) is 7. The number of aryl methyl sites for hydroxylation is 1. The summed E-state index contributed by atoms with van der Waals surface area (Å²) in [4.78, 5) is 28.3. The van der Waals surface area contributed by atoms with Crippen LogP contribution in [0.15, 0.2) is 50.4 Å². The molecule has 0 saturated carbocycles. The number of methoxy groups -OCH3 is 1. The number of aromatic hydroxyl groups is 1. The molecule has 144 valence electrons. The standard InChI is InChI=1S/C19H18N4O4S/c1-10-7-8-28-16(10)12-9-11(21-22-12)15-17(24)20-19(26)23(18(15)25)13-5-3-4-6-14(13)27-2/h3-8,12,22,25H,9H2,1-2H3,(H,20,24,26)/t12-/m1/s1. The van der Waals surface area contributed by atoms with E-state index in [4.69, 9.17) is 4.74 Å². The molecule has 4 rings (SSSR count). The topological polar surface area (TPSA) is 109 Å². The average molecular weight is 398 g/mol. The van der Waals surface area contributed by atoms with E-state index in [0.29, 0.717) is 23.6 Å². The first kappa shape index (κ1) is 18.1. The molecule has 1 aromatic carbocycles. The van der Waals surface area contributed by atoms with Crippen LogP contribution in [-0.2, 0) is 0 Å². The molecule has 2 aromatic heterocycles. The fourth-order valence-corrected chi connectivity index (χ4v) is 4.29. The number of thiophene rings is 1. The summed E-state index contributed by atoms with van der Waals surface area (Å²) in [5.41, 5.74) is 3.40. The molecule has 0 aliphatic carbocycles. The molecule has 28 heavy (non-hydrogen) atoms. The molecule has 8 nitrogen and oxygen atoms in total. The van der Waals surface area contributed by atoms with Gasteiger partial charge in [-0.2, -0.15) is 5.10 Å². The van der Waals surface area contributed by atoms with Gasteiger partial charge >= 0.3 is 5.69 Å². The number of aromatic nitrogens is 2. The van der Waals surface area contributed by atoms with E-state index in [2.05, 4.69) is 15.5 Å². The predicted octanol–water partition coefficient (Wildman–Crippen LogP) is 2.05. The second kappa shape index (κ2) is 7.01. The van der Waals surface area contributed by atoms with Gasteiger partial charge in [0.1, 0.15) is 11.3 Å². The normalized spacial score (nSPS) is 15.9. The summed E-state index contributed by atoms with van der Waals surface area (Å²) in [6, 6.07) is 8.67. The molecule has 3 aromatic rings. The molecule has 0 unspecified atom stereocenters. The molecule has 0 radical (unpaired) electrons. The zero-order valence-electron chi connectivity index (χ0n) is 15.2. The van der Waals surface area contributed by atoms with Crippen molar-refractivity contribution in [3.63, 3.8) is 0 Å². The second-order valence-electron chi connectivity index (χ2n) is 6.38. The average Bonchev–Trinajstić information content (AvgIpc) is 3.30. The third-order valence-corrected chi connectivity index (χ3v) is 5.80. The molecule has 1 atom stereocenters. The second-order valence-corrected chi connectivity index (χ2v) is 7.33. The highest BCUT2D eigenvalue weighted by atomic mass is 32.1. The van der Waals surface area contributed by atoms with Crippen LogP contribution in [0.5, 0.6) is 11.6 Å². The van der Waals surface area contributed by atoms with Crippen LogP contribution in [0, 0.1) is 6.92 Å². The zero-order chi connectivity index (χ0) is 19.8. The molecule has 0 saturated heterocycles. The number of ether oxygens (including phenoxy) is 1. The Labute approximate surface area is 163 Å². The van der Waals surface area contributed by atoms with E-state index >= 15 is 0 Å². The third-order valence-electron chi connectivity index (χ3n) is 4.67. The van der Waals surface area contributed by atoms with E-state index in [0.717, 1.165) is 15.0 Å². The quantitative estimate of drug-likeness (QED) is 0.623. The Kier molecular flexibility index (Phi) is 4.52. The number of H-pyrrole nitrogens is 1. The van der Waals surface area contributed by atoms with Crippen molar-refractivity contribution >= 4 is 17.0 Å². The number of para-hydroxylation sites is 2. The van der Waals surface area contributed by atoms with E-state index < -0.39 is 17.1 Å². The minimum atomic E-state index is -0.757. The van der Waals surface area contributed by atoms with Gasteiger partial charge in [0, 0.05) is 11.3 Å². The van der Waals surface area contributed by atoms with Gasteiger partial charge in [-0.05, 0) is 36.1 Å². The number of nitrogens with zero attached hydrogens (tertiary/aromatic N) is 2. The Morgan fingerprint density at radius 3 is 2.79 bits per heavy atom. The molecule has 0 bridgehead atoms. The molecule has 1 aliphatic heterocycles. The maximum absolute atomic E-state index is 12.5. The van der Waals surface area contributed by atoms with Crippen molar-refractivity contribution in [1.82, 2.24) is 15.0 Å². The lowest BCUT2D eigenvalue weighted by Gasteiger charge is -2.14. The van der Waals surface area contributed by atoms with Crippen LogP contribution in [0.4, 0.5) is 0 Å². The summed E-state index contributed by atoms with van der Waals surface area (Å²) >= 11 is 1.60. The number of benzene rings is 1. The highest BCUT2D eigenvalue weighted by molar-refractivity contribution is 7.10. The highest BCUT2D eigenvalue weighted by Crippen LogP contribution is 2.32. The third kappa shape index (κ3) is 2.89. The maximum Gasteiger partial charge on any atom is 0.335 e. The van der Waals surface area contributed by atoms with Crippen molar-refractivity contribution in [3.05, 3.63) is 72.6 Å². The van der Waals surface area contributed by atoms with Gasteiger partial charge in [-0.25, -0.2) is 9.36 Å². The predicted molar refractivity (Wildman–Crippen MR) is 107 cm³/mol. The van der Waals surface area contributed by atoms with Gasteiger partial charge in [0.05, 0.1) is 24.6 Å². The van der Waals surface area contributed by atoms with E-state index in [-0.39, 0.29) is 11.6 Å². The minimum absolute atomic E-state index is 0.0327. The number of hydrazone groups is 1. The van der Waals surface area contributed by atoms with Crippen molar-refractivity contribution in [1.29, 1.82) is 0 Å². The first-order valence-corrected chi connectivity index (χ1v) is 9.47. The summed E-state index contributed by atoms with van der Waals surface area (Å²) in [7, 11) is 1.46. The van der Waals surface area contributed by atoms with Crippen molar-refractivity contribution in [2.45, 2.75) is 19.4 Å². The largest absolute Gasteiger partial charge is 0.495 e. The van der Waals surface area contributed by atoms with Crippen LogP contribution in [0.2, 0.25) is 0 Å². The zero-order valence-corrected chi connectivity index (χ0v) is 16.0. The number of nitrogens with one attached hydrogen (secondary N) is 2. The van der Waals surface area contributed by atoms with Gasteiger partial charge in [0.15, 0.2) is 0 Å². The minimum Gasteiger partial charge on any atom is -0.495 e. The molecule has 0 amide bonds. The fraction of sp³-hybridized carbons (Fsp3) is 0.211.